The molecule has 1 aliphatic rings. The van der Waals surface area contributed by atoms with Gasteiger partial charge in [0.25, 0.3) is 0 Å². The fourth-order valence-electron chi connectivity index (χ4n) is 2.08. The van der Waals surface area contributed by atoms with Crippen LogP contribution in [0.2, 0.25) is 0 Å². The third-order valence-electron chi connectivity index (χ3n) is 3.29. The van der Waals surface area contributed by atoms with Gasteiger partial charge in [0.1, 0.15) is 0 Å². The number of carbonyl (C=O) groups excluding carboxylic acids is 2. The Hall–Kier alpha value is -0.0400. The molecule has 1 fully saturated rings. The molecule has 1 saturated heterocycles. The molecule has 0 N–H and O–H groups in total. The van der Waals surface area contributed by atoms with Crippen LogP contribution in [0.3, 0.4) is 0 Å². The Morgan fingerprint density at radius 2 is 1.77 bits per heavy atom. The second-order valence-electron chi connectivity index (χ2n) is 5.10. The normalized spacial score (nSPS) is 21.5. The molecule has 1 aliphatic heterocycles. The van der Waals surface area contributed by atoms with E-state index in [9.17, 15) is 9.59 Å². The first-order chi connectivity index (χ1) is 10.6. The maximum absolute atomic E-state index is 12.3. The third-order valence-corrected chi connectivity index (χ3v) is 8.74. The molecule has 2 unspecified atom stereocenters. The van der Waals surface area contributed by atoms with Crippen molar-refractivity contribution in [1.82, 2.24) is 0 Å². The second-order valence-corrected chi connectivity index (χ2v) is 9.67. The van der Waals surface area contributed by atoms with Gasteiger partial charge in [-0.3, -0.25) is 9.59 Å². The highest BCUT2D eigenvalue weighted by Gasteiger charge is 2.23. The monoisotopic (exact) mass is 372 g/mol. The maximum Gasteiger partial charge on any atom is 0.219 e. The number of hydrogen-bond donors (Lipinski definition) is 0. The Labute approximate surface area is 149 Å². The van der Waals surface area contributed by atoms with E-state index in [1.165, 1.54) is 30.2 Å². The van der Waals surface area contributed by atoms with Crippen LogP contribution in [0.25, 0.3) is 0 Å². The maximum atomic E-state index is 12.3. The third kappa shape index (κ3) is 5.55. The molecular weight excluding hydrogens is 352 g/mol. The van der Waals surface area contributed by atoms with E-state index in [0.717, 1.165) is 16.8 Å². The Morgan fingerprint density at radius 1 is 1.14 bits per heavy atom. The predicted molar refractivity (Wildman–Crippen MR) is 104 cm³/mol. The second kappa shape index (κ2) is 9.30. The van der Waals surface area contributed by atoms with Crippen LogP contribution in [-0.4, -0.2) is 50.7 Å². The van der Waals surface area contributed by atoms with Gasteiger partial charge in [-0.25, -0.2) is 0 Å². The zero-order chi connectivity index (χ0) is 15.9. The van der Waals surface area contributed by atoms with Crippen LogP contribution in [0.5, 0.6) is 0 Å². The molecule has 2 rings (SSSR count). The van der Waals surface area contributed by atoms with Crippen molar-refractivity contribution in [2.45, 2.75) is 17.4 Å². The minimum atomic E-state index is -0.00118. The molecule has 120 valence electrons. The molecule has 0 amide bonds. The van der Waals surface area contributed by atoms with Gasteiger partial charge in [-0.15, -0.1) is 0 Å². The van der Waals surface area contributed by atoms with Crippen LogP contribution in [0, 0.1) is 0 Å². The summed E-state index contributed by atoms with van der Waals surface area (Å²) >= 11 is 7.32. The topological polar surface area (TPSA) is 34.1 Å². The lowest BCUT2D eigenvalue weighted by Gasteiger charge is -2.26. The fraction of sp³-hybridized carbons (Fsp3) is 0.500. The van der Waals surface area contributed by atoms with E-state index < -0.39 is 0 Å². The molecule has 2 nitrogen and oxygen atoms in total. The van der Waals surface area contributed by atoms with E-state index >= 15 is 0 Å². The number of thioether (sulfide) groups is 4. The lowest BCUT2D eigenvalue weighted by Crippen LogP contribution is -2.25. The summed E-state index contributed by atoms with van der Waals surface area (Å²) in [5.74, 6) is 4.38. The van der Waals surface area contributed by atoms with Crippen LogP contribution in [0.1, 0.15) is 27.6 Å². The number of benzene rings is 1. The van der Waals surface area contributed by atoms with E-state index in [1.54, 1.807) is 24.3 Å². The van der Waals surface area contributed by atoms with Gasteiger partial charge >= 0.3 is 0 Å². The summed E-state index contributed by atoms with van der Waals surface area (Å²) in [4.78, 5) is 23.6. The molecular formula is C16H20O2S4. The highest BCUT2D eigenvalue weighted by molar-refractivity contribution is 8.15. The van der Waals surface area contributed by atoms with Gasteiger partial charge in [-0.05, 0) is 19.2 Å². The van der Waals surface area contributed by atoms with Crippen LogP contribution >= 0.6 is 47.0 Å². The van der Waals surface area contributed by atoms with E-state index in [0.29, 0.717) is 16.4 Å². The van der Waals surface area contributed by atoms with Gasteiger partial charge in [0.05, 0.1) is 0 Å². The average molecular weight is 373 g/mol. The number of Topliss-reactive ketones (excluding diaryl/α,β-unsaturated/α-hetero) is 1. The van der Waals surface area contributed by atoms with Crippen LogP contribution in [0.15, 0.2) is 24.3 Å². The first kappa shape index (κ1) is 18.3. The van der Waals surface area contributed by atoms with Crippen molar-refractivity contribution in [1.29, 1.82) is 0 Å². The standard InChI is InChI=1S/C16H20O2S4/c1-11(17)12-4-3-5-13(6-12)16(18)22-10-15-9-20-14(7-19-2)8-21-15/h3-6,14-15H,7-10H2,1-2H3. The Kier molecular flexibility index (Phi) is 7.74. The summed E-state index contributed by atoms with van der Waals surface area (Å²) in [5, 5.41) is 1.37. The van der Waals surface area contributed by atoms with Crippen molar-refractivity contribution in [2.75, 3.05) is 29.3 Å². The first-order valence-corrected chi connectivity index (χ1v) is 11.6. The molecule has 1 aromatic rings. The zero-order valence-electron chi connectivity index (χ0n) is 12.7. The van der Waals surface area contributed by atoms with Crippen molar-refractivity contribution in [3.63, 3.8) is 0 Å². The quantitative estimate of drug-likeness (QED) is 0.691. The number of carbonyl (C=O) groups is 2. The largest absolute Gasteiger partial charge is 0.295 e. The Balaban J connectivity index is 1.81. The summed E-state index contributed by atoms with van der Waals surface area (Å²) in [6.07, 6.45) is 2.15. The van der Waals surface area contributed by atoms with Gasteiger partial charge in [0, 0.05) is 44.6 Å². The lowest BCUT2D eigenvalue weighted by atomic mass is 10.1. The molecule has 2 atom stereocenters. The van der Waals surface area contributed by atoms with E-state index in [4.69, 9.17) is 0 Å². The number of rotatable bonds is 6. The molecule has 22 heavy (non-hydrogen) atoms. The molecule has 6 heteroatoms. The van der Waals surface area contributed by atoms with Crippen LogP contribution in [0.4, 0.5) is 0 Å². The van der Waals surface area contributed by atoms with Gasteiger partial charge in [0.2, 0.25) is 5.12 Å². The molecule has 1 heterocycles. The van der Waals surface area contributed by atoms with Gasteiger partial charge < -0.3 is 0 Å². The summed E-state index contributed by atoms with van der Waals surface area (Å²) < 4.78 is 0. The summed E-state index contributed by atoms with van der Waals surface area (Å²) in [6.45, 7) is 1.53. The summed E-state index contributed by atoms with van der Waals surface area (Å²) in [5.41, 5.74) is 1.24. The molecule has 1 aromatic carbocycles. The molecule has 0 aliphatic carbocycles. The van der Waals surface area contributed by atoms with Gasteiger partial charge in [-0.2, -0.15) is 35.3 Å². The van der Waals surface area contributed by atoms with E-state index in [-0.39, 0.29) is 10.9 Å². The molecule has 0 aromatic heterocycles. The lowest BCUT2D eigenvalue weighted by molar-refractivity contribution is 0.101. The first-order valence-electron chi connectivity index (χ1n) is 7.10. The van der Waals surface area contributed by atoms with Crippen molar-refractivity contribution in [3.8, 4) is 0 Å². The minimum Gasteiger partial charge on any atom is -0.295 e. The fourth-order valence-corrected chi connectivity index (χ4v) is 7.45. The highest BCUT2D eigenvalue weighted by Crippen LogP contribution is 2.33. The van der Waals surface area contributed by atoms with Crippen LogP contribution in [-0.2, 0) is 0 Å². The Morgan fingerprint density at radius 3 is 2.36 bits per heavy atom. The van der Waals surface area contributed by atoms with Crippen molar-refractivity contribution >= 4 is 57.9 Å². The zero-order valence-corrected chi connectivity index (χ0v) is 16.0. The molecule has 0 bridgehead atoms. The van der Waals surface area contributed by atoms with Crippen molar-refractivity contribution in [2.24, 2.45) is 0 Å². The predicted octanol–water partition coefficient (Wildman–Crippen LogP) is 4.34. The van der Waals surface area contributed by atoms with Gasteiger partial charge in [-0.1, -0.05) is 30.0 Å². The number of hydrogen-bond acceptors (Lipinski definition) is 6. The minimum absolute atomic E-state index is 0.00118. The average Bonchev–Trinajstić information content (AvgIpc) is 2.54. The summed E-state index contributed by atoms with van der Waals surface area (Å²) in [6, 6.07) is 7.03. The number of ketones is 1. The van der Waals surface area contributed by atoms with Crippen molar-refractivity contribution < 1.29 is 9.59 Å². The molecule has 0 radical (unpaired) electrons. The van der Waals surface area contributed by atoms with Crippen molar-refractivity contribution in [3.05, 3.63) is 35.4 Å². The molecule has 0 saturated carbocycles. The SMILES string of the molecule is CSCC1CSC(CSC(=O)c2cccc(C(C)=O)c2)CS1. The van der Waals surface area contributed by atoms with E-state index in [1.807, 2.05) is 35.3 Å². The highest BCUT2D eigenvalue weighted by atomic mass is 32.2. The Bertz CT molecular complexity index is 525. The van der Waals surface area contributed by atoms with Gasteiger partial charge in [0.15, 0.2) is 5.78 Å². The van der Waals surface area contributed by atoms with E-state index in [2.05, 4.69) is 6.26 Å². The smallest absolute Gasteiger partial charge is 0.219 e. The summed E-state index contributed by atoms with van der Waals surface area (Å²) in [7, 11) is 0. The van der Waals surface area contributed by atoms with Crippen LogP contribution < -0.4 is 0 Å². The molecule has 0 spiro atoms.